The zero-order valence-electron chi connectivity index (χ0n) is 14.2. The molecule has 23 heavy (non-hydrogen) atoms. The number of nitrogens with two attached hydrogens (primary N) is 2. The number of carbonyl (C=O) groups is 2. The molecule has 0 bridgehead atoms. The molecule has 1 aromatic carbocycles. The van der Waals surface area contributed by atoms with Crippen LogP contribution < -0.4 is 11.5 Å². The molecule has 1 rings (SSSR count). The number of carbonyl (C=O) groups excluding carboxylic acids is 2. The van der Waals surface area contributed by atoms with E-state index >= 15 is 0 Å². The normalized spacial score (nSPS) is 11.2. The largest absolute Gasteiger partial charge is 0.366 e. The lowest BCUT2D eigenvalue weighted by molar-refractivity contribution is 0.0967. The van der Waals surface area contributed by atoms with Crippen LogP contribution >= 0.6 is 0 Å². The zero-order chi connectivity index (χ0) is 17.4. The van der Waals surface area contributed by atoms with Crippen LogP contribution in [0.5, 0.6) is 0 Å². The lowest BCUT2D eigenvalue weighted by Crippen LogP contribution is -2.20. The summed E-state index contributed by atoms with van der Waals surface area (Å²) >= 11 is 0. The molecule has 0 spiro atoms. The van der Waals surface area contributed by atoms with Gasteiger partial charge in [0, 0.05) is 0 Å². The van der Waals surface area contributed by atoms with Gasteiger partial charge < -0.3 is 11.5 Å². The van der Waals surface area contributed by atoms with E-state index in [1.165, 1.54) is 11.1 Å². The first-order chi connectivity index (χ1) is 10.8. The Hall–Kier alpha value is -2.36. The molecule has 0 aliphatic heterocycles. The summed E-state index contributed by atoms with van der Waals surface area (Å²) in [5.41, 5.74) is 14.6. The fourth-order valence-electron chi connectivity index (χ4n) is 2.34. The molecule has 0 atom stereocenters. The molecule has 4 N–H and O–H groups in total. The molecule has 1 aromatic rings. The third-order valence-electron chi connectivity index (χ3n) is 3.63. The number of hydrogen-bond donors (Lipinski definition) is 2. The molecule has 0 fully saturated rings. The molecule has 0 heterocycles. The highest BCUT2D eigenvalue weighted by atomic mass is 16.2. The first kappa shape index (κ1) is 18.7. The standard InChI is InChI=1S/C19H26N2O2/c1-13(2)6-4-7-14(3)8-5-9-15-10-11-16(18(20)22)17(12-15)19(21)23/h6,8,10-12H,4-5,7,9H2,1-3H3,(H2,20,22)(H2,21,23)/b14-8+. The second-order valence-electron chi connectivity index (χ2n) is 6.02. The van der Waals surface area contributed by atoms with Crippen molar-refractivity contribution in [3.8, 4) is 0 Å². The maximum absolute atomic E-state index is 11.4. The molecule has 0 saturated carbocycles. The molecule has 4 heteroatoms. The van der Waals surface area contributed by atoms with Crippen LogP contribution in [-0.4, -0.2) is 11.8 Å². The first-order valence-corrected chi connectivity index (χ1v) is 7.82. The predicted molar refractivity (Wildman–Crippen MR) is 94.2 cm³/mol. The third-order valence-corrected chi connectivity index (χ3v) is 3.63. The average Bonchev–Trinajstić information content (AvgIpc) is 2.46. The Bertz CT molecular complexity index is 639. The first-order valence-electron chi connectivity index (χ1n) is 7.82. The SMILES string of the molecule is CC(C)=CCC/C(C)=C/CCc1ccc(C(N)=O)c(C(N)=O)c1. The maximum Gasteiger partial charge on any atom is 0.249 e. The molecule has 0 radical (unpaired) electrons. The van der Waals surface area contributed by atoms with E-state index < -0.39 is 11.8 Å². The number of rotatable bonds is 8. The predicted octanol–water partition coefficient (Wildman–Crippen LogP) is 3.51. The summed E-state index contributed by atoms with van der Waals surface area (Å²) in [6.07, 6.45) is 8.24. The number of amides is 2. The summed E-state index contributed by atoms with van der Waals surface area (Å²) in [4.78, 5) is 22.7. The molecule has 124 valence electrons. The quantitative estimate of drug-likeness (QED) is 0.719. The Kier molecular flexibility index (Phi) is 7.26. The molecule has 4 nitrogen and oxygen atoms in total. The van der Waals surface area contributed by atoms with Crippen molar-refractivity contribution in [2.45, 2.75) is 46.5 Å². The minimum absolute atomic E-state index is 0.176. The van der Waals surface area contributed by atoms with Crippen molar-refractivity contribution in [2.75, 3.05) is 0 Å². The van der Waals surface area contributed by atoms with Gasteiger partial charge in [-0.3, -0.25) is 9.59 Å². The van der Waals surface area contributed by atoms with Gasteiger partial charge in [0.05, 0.1) is 11.1 Å². The van der Waals surface area contributed by atoms with Crippen molar-refractivity contribution in [3.63, 3.8) is 0 Å². The number of allylic oxidation sites excluding steroid dienone is 4. The van der Waals surface area contributed by atoms with Crippen molar-refractivity contribution in [3.05, 3.63) is 58.2 Å². The smallest absolute Gasteiger partial charge is 0.249 e. The van der Waals surface area contributed by atoms with Gasteiger partial charge in [-0.1, -0.05) is 29.4 Å². The second kappa shape index (κ2) is 8.93. The molecule has 0 aliphatic carbocycles. The Morgan fingerprint density at radius 2 is 1.61 bits per heavy atom. The highest BCUT2D eigenvalue weighted by Gasteiger charge is 2.13. The van der Waals surface area contributed by atoms with Crippen LogP contribution in [0.1, 0.15) is 66.3 Å². The van der Waals surface area contributed by atoms with E-state index in [-0.39, 0.29) is 11.1 Å². The monoisotopic (exact) mass is 314 g/mol. The van der Waals surface area contributed by atoms with Crippen LogP contribution in [-0.2, 0) is 6.42 Å². The minimum Gasteiger partial charge on any atom is -0.366 e. The van der Waals surface area contributed by atoms with E-state index in [0.29, 0.717) is 0 Å². The van der Waals surface area contributed by atoms with Crippen LogP contribution in [0.4, 0.5) is 0 Å². The van der Waals surface area contributed by atoms with Gasteiger partial charge in [0.25, 0.3) is 0 Å². The highest BCUT2D eigenvalue weighted by Crippen LogP contribution is 2.14. The van der Waals surface area contributed by atoms with E-state index in [9.17, 15) is 9.59 Å². The number of hydrogen-bond acceptors (Lipinski definition) is 2. The summed E-state index contributed by atoms with van der Waals surface area (Å²) in [6, 6.07) is 5.05. The van der Waals surface area contributed by atoms with E-state index in [1.807, 2.05) is 6.07 Å². The van der Waals surface area contributed by atoms with Crippen molar-refractivity contribution < 1.29 is 9.59 Å². The van der Waals surface area contributed by atoms with Gasteiger partial charge in [-0.2, -0.15) is 0 Å². The van der Waals surface area contributed by atoms with Gasteiger partial charge in [0.2, 0.25) is 11.8 Å². The summed E-state index contributed by atoms with van der Waals surface area (Å²) in [7, 11) is 0. The number of primary amides is 2. The van der Waals surface area contributed by atoms with E-state index in [0.717, 1.165) is 31.2 Å². The fraction of sp³-hybridized carbons (Fsp3) is 0.368. The Labute approximate surface area is 138 Å². The fourth-order valence-corrected chi connectivity index (χ4v) is 2.34. The number of aryl methyl sites for hydroxylation is 1. The van der Waals surface area contributed by atoms with E-state index in [1.54, 1.807) is 12.1 Å². The lowest BCUT2D eigenvalue weighted by Gasteiger charge is -2.06. The van der Waals surface area contributed by atoms with Crippen molar-refractivity contribution in [1.29, 1.82) is 0 Å². The molecule has 0 aliphatic rings. The third kappa shape index (κ3) is 6.51. The maximum atomic E-state index is 11.4. The molecular formula is C19H26N2O2. The molecular weight excluding hydrogens is 288 g/mol. The van der Waals surface area contributed by atoms with Crippen LogP contribution in [0.25, 0.3) is 0 Å². The van der Waals surface area contributed by atoms with E-state index in [4.69, 9.17) is 11.5 Å². The highest BCUT2D eigenvalue weighted by molar-refractivity contribution is 6.06. The molecule has 0 unspecified atom stereocenters. The van der Waals surface area contributed by atoms with Crippen LogP contribution in [0.3, 0.4) is 0 Å². The van der Waals surface area contributed by atoms with Gasteiger partial charge >= 0.3 is 0 Å². The zero-order valence-corrected chi connectivity index (χ0v) is 14.2. The Morgan fingerprint density at radius 3 is 2.17 bits per heavy atom. The summed E-state index contributed by atoms with van der Waals surface area (Å²) < 4.78 is 0. The minimum atomic E-state index is -0.639. The molecule has 2 amide bonds. The van der Waals surface area contributed by atoms with Crippen LogP contribution in [0, 0.1) is 0 Å². The molecule has 0 saturated heterocycles. The Balaban J connectivity index is 2.68. The van der Waals surface area contributed by atoms with Gasteiger partial charge in [-0.25, -0.2) is 0 Å². The second-order valence-corrected chi connectivity index (χ2v) is 6.02. The summed E-state index contributed by atoms with van der Waals surface area (Å²) in [5, 5.41) is 0. The number of benzene rings is 1. The van der Waals surface area contributed by atoms with E-state index in [2.05, 4.69) is 32.9 Å². The summed E-state index contributed by atoms with van der Waals surface area (Å²) in [6.45, 7) is 6.33. The Morgan fingerprint density at radius 1 is 0.957 bits per heavy atom. The summed E-state index contributed by atoms with van der Waals surface area (Å²) in [5.74, 6) is -1.27. The van der Waals surface area contributed by atoms with Gasteiger partial charge in [0.15, 0.2) is 0 Å². The van der Waals surface area contributed by atoms with Crippen molar-refractivity contribution >= 4 is 11.8 Å². The van der Waals surface area contributed by atoms with Gasteiger partial charge in [-0.15, -0.1) is 0 Å². The average molecular weight is 314 g/mol. The topological polar surface area (TPSA) is 86.2 Å². The van der Waals surface area contributed by atoms with Gasteiger partial charge in [0.1, 0.15) is 0 Å². The molecule has 0 aromatic heterocycles. The lowest BCUT2D eigenvalue weighted by atomic mass is 9.99. The van der Waals surface area contributed by atoms with Crippen molar-refractivity contribution in [1.82, 2.24) is 0 Å². The van der Waals surface area contributed by atoms with Gasteiger partial charge in [-0.05, 0) is 64.2 Å². The van der Waals surface area contributed by atoms with Crippen LogP contribution in [0.2, 0.25) is 0 Å². The van der Waals surface area contributed by atoms with Crippen molar-refractivity contribution in [2.24, 2.45) is 11.5 Å². The van der Waals surface area contributed by atoms with Crippen LogP contribution in [0.15, 0.2) is 41.5 Å².